The van der Waals surface area contributed by atoms with Gasteiger partial charge in [0.1, 0.15) is 11.5 Å². The summed E-state index contributed by atoms with van der Waals surface area (Å²) in [5, 5.41) is 10.2. The number of phenols is 1. The van der Waals surface area contributed by atoms with Crippen LogP contribution in [0.25, 0.3) is 0 Å². The van der Waals surface area contributed by atoms with Crippen LogP contribution in [0.5, 0.6) is 5.75 Å². The Hall–Kier alpha value is -0.290. The van der Waals surface area contributed by atoms with Gasteiger partial charge in [-0.2, -0.15) is 0 Å². The van der Waals surface area contributed by atoms with Crippen molar-refractivity contribution in [2.75, 3.05) is 13.2 Å². The Balaban J connectivity index is 3.24. The Morgan fingerprint density at radius 1 is 1.32 bits per heavy atom. The van der Waals surface area contributed by atoms with E-state index in [0.29, 0.717) is 0 Å². The molecule has 0 bridgehead atoms. The van der Waals surface area contributed by atoms with Crippen molar-refractivity contribution in [3.63, 3.8) is 0 Å². The van der Waals surface area contributed by atoms with Gasteiger partial charge < -0.3 is 19.9 Å². The van der Waals surface area contributed by atoms with Crippen molar-refractivity contribution < 1.29 is 18.7 Å². The first-order valence-corrected chi connectivity index (χ1v) is 8.04. The van der Waals surface area contributed by atoms with E-state index in [2.05, 4.69) is 0 Å². The average Bonchev–Trinajstić information content (AvgIpc) is 2.27. The van der Waals surface area contributed by atoms with Gasteiger partial charge in [-0.3, -0.25) is 4.57 Å². The van der Waals surface area contributed by atoms with E-state index >= 15 is 0 Å². The lowest BCUT2D eigenvalue weighted by atomic mass is 10.2. The maximum absolute atomic E-state index is 12.5. The summed E-state index contributed by atoms with van der Waals surface area (Å²) >= 11 is 11.7. The maximum atomic E-state index is 12.5. The van der Waals surface area contributed by atoms with E-state index in [1.807, 2.05) is 0 Å². The van der Waals surface area contributed by atoms with Crippen LogP contribution < -0.4 is 5.73 Å². The molecular weight excluding hydrogens is 312 g/mol. The molecule has 19 heavy (non-hydrogen) atoms. The highest BCUT2D eigenvalue weighted by molar-refractivity contribution is 7.54. The molecule has 0 aromatic heterocycles. The smallest absolute Gasteiger partial charge is 0.351 e. The number of aromatic hydroxyl groups is 1. The lowest BCUT2D eigenvalue weighted by Crippen LogP contribution is -2.15. The Morgan fingerprint density at radius 2 is 1.84 bits per heavy atom. The van der Waals surface area contributed by atoms with E-state index < -0.39 is 13.4 Å². The molecular formula is C11H16Cl2NO4P. The molecule has 8 heteroatoms. The number of hydrogen-bond donors (Lipinski definition) is 2. The Kier molecular flexibility index (Phi) is 6.12. The maximum Gasteiger partial charge on any atom is 0.351 e. The van der Waals surface area contributed by atoms with Crippen molar-refractivity contribution in [3.8, 4) is 5.75 Å². The molecule has 0 unspecified atom stereocenters. The summed E-state index contributed by atoms with van der Waals surface area (Å²) in [6.45, 7) is 3.66. The number of halogens is 2. The molecule has 0 aliphatic carbocycles. The average molecular weight is 328 g/mol. The highest BCUT2D eigenvalue weighted by Gasteiger charge is 2.37. The van der Waals surface area contributed by atoms with E-state index in [0.717, 1.165) is 0 Å². The molecule has 0 heterocycles. The summed E-state index contributed by atoms with van der Waals surface area (Å²) in [6.07, 6.45) is 0. The lowest BCUT2D eigenvalue weighted by Gasteiger charge is -2.24. The Labute approximate surface area is 122 Å². The minimum atomic E-state index is -3.61. The second kappa shape index (κ2) is 6.93. The molecule has 0 aliphatic heterocycles. The molecule has 0 aliphatic rings. The van der Waals surface area contributed by atoms with Crippen molar-refractivity contribution in [3.05, 3.63) is 27.7 Å². The fraction of sp³-hybridized carbons (Fsp3) is 0.455. The van der Waals surface area contributed by atoms with E-state index in [-0.39, 0.29) is 34.6 Å². The summed E-state index contributed by atoms with van der Waals surface area (Å²) in [7, 11) is -3.61. The fourth-order valence-electron chi connectivity index (χ4n) is 1.58. The number of hydrogen-bond acceptors (Lipinski definition) is 5. The molecule has 108 valence electrons. The van der Waals surface area contributed by atoms with Crippen LogP contribution in [0, 0.1) is 0 Å². The highest BCUT2D eigenvalue weighted by atomic mass is 35.5. The molecule has 0 spiro atoms. The predicted octanol–water partition coefficient (Wildman–Crippen LogP) is 3.92. The van der Waals surface area contributed by atoms with E-state index in [4.69, 9.17) is 38.0 Å². The first-order valence-electron chi connectivity index (χ1n) is 5.68. The number of rotatable bonds is 6. The molecule has 0 saturated carbocycles. The topological polar surface area (TPSA) is 81.8 Å². The monoisotopic (exact) mass is 327 g/mol. The summed E-state index contributed by atoms with van der Waals surface area (Å²) in [4.78, 5) is 0. The van der Waals surface area contributed by atoms with Crippen LogP contribution in [0.4, 0.5) is 0 Å². The van der Waals surface area contributed by atoms with Crippen LogP contribution in [-0.2, 0) is 13.6 Å². The minimum absolute atomic E-state index is 0.0938. The summed E-state index contributed by atoms with van der Waals surface area (Å²) in [6, 6.07) is 2.67. The predicted molar refractivity (Wildman–Crippen MR) is 75.9 cm³/mol. The van der Waals surface area contributed by atoms with Gasteiger partial charge in [0.2, 0.25) is 0 Å². The molecule has 0 radical (unpaired) electrons. The molecule has 3 N–H and O–H groups in total. The Bertz CT molecular complexity index is 465. The summed E-state index contributed by atoms with van der Waals surface area (Å²) in [5.74, 6) is -1.43. The third kappa shape index (κ3) is 3.85. The number of nitrogens with two attached hydrogens (primary N) is 1. The zero-order valence-electron chi connectivity index (χ0n) is 10.6. The molecule has 5 nitrogen and oxygen atoms in total. The van der Waals surface area contributed by atoms with Crippen molar-refractivity contribution >= 4 is 30.8 Å². The molecule has 1 aromatic carbocycles. The molecule has 0 fully saturated rings. The second-order valence-electron chi connectivity index (χ2n) is 3.64. The molecule has 1 rings (SSSR count). The third-order valence-electron chi connectivity index (χ3n) is 2.33. The van der Waals surface area contributed by atoms with Crippen molar-refractivity contribution in [2.24, 2.45) is 5.73 Å². The zero-order chi connectivity index (χ0) is 14.6. The quantitative estimate of drug-likeness (QED) is 0.774. The van der Waals surface area contributed by atoms with Gasteiger partial charge in [-0.1, -0.05) is 23.2 Å². The fourth-order valence-corrected chi connectivity index (χ4v) is 3.96. The van der Waals surface area contributed by atoms with Gasteiger partial charge in [-0.15, -0.1) is 0 Å². The standard InChI is InChI=1S/C11H16Cl2NO4P/c1-3-17-19(16,18-4-2)11(14)10-8(13)5-7(12)6-9(10)15/h5-6,11,15H,3-4,14H2,1-2H3/t11-/m1/s1. The van der Waals surface area contributed by atoms with Crippen LogP contribution in [0.15, 0.2) is 12.1 Å². The van der Waals surface area contributed by atoms with Crippen LogP contribution in [-0.4, -0.2) is 18.3 Å². The molecule has 1 aromatic rings. The van der Waals surface area contributed by atoms with Gasteiger partial charge in [-0.05, 0) is 26.0 Å². The third-order valence-corrected chi connectivity index (χ3v) is 5.03. The number of benzene rings is 1. The normalized spacial score (nSPS) is 13.5. The van der Waals surface area contributed by atoms with Crippen molar-refractivity contribution in [1.29, 1.82) is 0 Å². The lowest BCUT2D eigenvalue weighted by molar-refractivity contribution is 0.212. The van der Waals surface area contributed by atoms with Gasteiger partial charge >= 0.3 is 7.60 Å². The molecule has 0 saturated heterocycles. The molecule has 0 amide bonds. The van der Waals surface area contributed by atoms with Gasteiger partial charge in [0.25, 0.3) is 0 Å². The first kappa shape index (κ1) is 16.8. The minimum Gasteiger partial charge on any atom is -0.507 e. The highest BCUT2D eigenvalue weighted by Crippen LogP contribution is 2.60. The largest absolute Gasteiger partial charge is 0.507 e. The Morgan fingerprint density at radius 3 is 2.26 bits per heavy atom. The van der Waals surface area contributed by atoms with Gasteiger partial charge in [0.05, 0.1) is 18.2 Å². The first-order chi connectivity index (χ1) is 8.85. The van der Waals surface area contributed by atoms with Crippen LogP contribution >= 0.6 is 30.8 Å². The SMILES string of the molecule is CCOP(=O)(OCC)[C@@H](N)c1c(O)cc(Cl)cc1Cl. The second-order valence-corrected chi connectivity index (χ2v) is 6.64. The van der Waals surface area contributed by atoms with Crippen molar-refractivity contribution in [1.82, 2.24) is 0 Å². The summed E-state index contributed by atoms with van der Waals surface area (Å²) < 4.78 is 22.8. The van der Waals surface area contributed by atoms with Crippen LogP contribution in [0.3, 0.4) is 0 Å². The molecule has 1 atom stereocenters. The zero-order valence-corrected chi connectivity index (χ0v) is 13.0. The number of phenolic OH excluding ortho intramolecular Hbond substituents is 1. The van der Waals surface area contributed by atoms with Gasteiger partial charge in [0.15, 0.2) is 0 Å². The van der Waals surface area contributed by atoms with Gasteiger partial charge in [-0.25, -0.2) is 0 Å². The van der Waals surface area contributed by atoms with E-state index in [9.17, 15) is 9.67 Å². The summed E-state index contributed by atoms with van der Waals surface area (Å²) in [5.41, 5.74) is 5.99. The van der Waals surface area contributed by atoms with Crippen molar-refractivity contribution in [2.45, 2.75) is 19.6 Å². The van der Waals surface area contributed by atoms with Crippen LogP contribution in [0.2, 0.25) is 10.0 Å². The van der Waals surface area contributed by atoms with E-state index in [1.54, 1.807) is 13.8 Å². The van der Waals surface area contributed by atoms with Crippen LogP contribution in [0.1, 0.15) is 25.2 Å². The van der Waals surface area contributed by atoms with Gasteiger partial charge in [0, 0.05) is 10.6 Å². The van der Waals surface area contributed by atoms with E-state index in [1.165, 1.54) is 12.1 Å².